The lowest BCUT2D eigenvalue weighted by atomic mass is 10.0. The predicted octanol–water partition coefficient (Wildman–Crippen LogP) is 1.75. The van der Waals surface area contributed by atoms with Crippen LogP contribution in [-0.2, 0) is 0 Å². The summed E-state index contributed by atoms with van der Waals surface area (Å²) in [4.78, 5) is 14.3. The molecule has 3 aromatic heterocycles. The third-order valence-electron chi connectivity index (χ3n) is 4.27. The minimum absolute atomic E-state index is 0.321. The second-order valence-corrected chi connectivity index (χ2v) is 6.03. The van der Waals surface area contributed by atoms with Gasteiger partial charge in [-0.2, -0.15) is 5.26 Å². The summed E-state index contributed by atoms with van der Waals surface area (Å²) in [5, 5.41) is 20.9. The Balaban J connectivity index is 1.31. The van der Waals surface area contributed by atoms with Gasteiger partial charge in [0.25, 0.3) is 0 Å². The minimum atomic E-state index is 0.321. The summed E-state index contributed by atoms with van der Waals surface area (Å²) in [5.74, 6) is 1.87. The van der Waals surface area contributed by atoms with E-state index in [1.165, 1.54) is 6.20 Å². The molecular formula is C18H16N8. The Labute approximate surface area is 150 Å². The van der Waals surface area contributed by atoms with Gasteiger partial charge in [-0.05, 0) is 24.3 Å². The van der Waals surface area contributed by atoms with Gasteiger partial charge in [0.1, 0.15) is 6.07 Å². The first kappa shape index (κ1) is 15.9. The van der Waals surface area contributed by atoms with Crippen molar-refractivity contribution < 1.29 is 0 Å². The molecule has 4 heterocycles. The van der Waals surface area contributed by atoms with Gasteiger partial charge in [0.05, 0.1) is 5.69 Å². The van der Waals surface area contributed by atoms with Crippen LogP contribution in [0.2, 0.25) is 0 Å². The molecule has 1 aliphatic rings. The first-order chi connectivity index (χ1) is 12.8. The van der Waals surface area contributed by atoms with Crippen molar-refractivity contribution in [2.45, 2.75) is 0 Å². The summed E-state index contributed by atoms with van der Waals surface area (Å²) < 4.78 is 0. The molecule has 0 saturated carbocycles. The number of anilines is 2. The number of nitrogens with one attached hydrogen (secondary N) is 1. The minimum Gasteiger partial charge on any atom is -0.367 e. The number of aromatic nitrogens is 5. The number of nitriles is 1. The molecule has 0 aromatic carbocycles. The van der Waals surface area contributed by atoms with E-state index in [9.17, 15) is 0 Å². The van der Waals surface area contributed by atoms with Crippen LogP contribution in [0.3, 0.4) is 0 Å². The van der Waals surface area contributed by atoms with E-state index in [0.717, 1.165) is 36.7 Å². The summed E-state index contributed by atoms with van der Waals surface area (Å²) >= 11 is 0. The van der Waals surface area contributed by atoms with E-state index in [1.807, 2.05) is 30.3 Å². The molecule has 4 rings (SSSR count). The highest BCUT2D eigenvalue weighted by atomic mass is 15.3. The third-order valence-corrected chi connectivity index (χ3v) is 4.27. The van der Waals surface area contributed by atoms with Gasteiger partial charge >= 0.3 is 0 Å². The standard InChI is InChI=1S/C18H16N8/c19-9-16-18(22-8-7-21-16)23-10-13-11-26(12-13)17-2-1-15(24-25-17)14-3-5-20-6-4-14/h1-8,13H,10-12H2,(H,22,23). The van der Waals surface area contributed by atoms with E-state index in [0.29, 0.717) is 17.4 Å². The van der Waals surface area contributed by atoms with Crippen LogP contribution in [0.4, 0.5) is 11.6 Å². The summed E-state index contributed by atoms with van der Waals surface area (Å²) in [5.41, 5.74) is 2.16. The molecule has 128 valence electrons. The maximum atomic E-state index is 9.03. The number of hydrogen-bond acceptors (Lipinski definition) is 8. The van der Waals surface area contributed by atoms with Crippen LogP contribution in [0.15, 0.2) is 49.1 Å². The quantitative estimate of drug-likeness (QED) is 0.746. The van der Waals surface area contributed by atoms with Gasteiger partial charge in [-0.25, -0.2) is 9.97 Å². The average Bonchev–Trinajstić information content (AvgIpc) is 2.68. The molecule has 0 radical (unpaired) electrons. The number of hydrogen-bond donors (Lipinski definition) is 1. The zero-order chi connectivity index (χ0) is 17.8. The van der Waals surface area contributed by atoms with Crippen molar-refractivity contribution in [1.82, 2.24) is 25.1 Å². The molecule has 8 nitrogen and oxygen atoms in total. The van der Waals surface area contributed by atoms with Crippen LogP contribution in [0.5, 0.6) is 0 Å². The Bertz CT molecular complexity index is 914. The Morgan fingerprint density at radius 1 is 1.04 bits per heavy atom. The number of rotatable bonds is 5. The van der Waals surface area contributed by atoms with Gasteiger partial charge in [-0.15, -0.1) is 10.2 Å². The number of pyridine rings is 1. The topological polar surface area (TPSA) is 104 Å². The van der Waals surface area contributed by atoms with Gasteiger partial charge in [-0.1, -0.05) is 0 Å². The molecule has 0 amide bonds. The van der Waals surface area contributed by atoms with Crippen molar-refractivity contribution >= 4 is 11.6 Å². The SMILES string of the molecule is N#Cc1nccnc1NCC1CN(c2ccc(-c3ccncc3)nn2)C1. The molecule has 1 fully saturated rings. The first-order valence-corrected chi connectivity index (χ1v) is 8.27. The molecular weight excluding hydrogens is 328 g/mol. The predicted molar refractivity (Wildman–Crippen MR) is 96.2 cm³/mol. The van der Waals surface area contributed by atoms with Crippen molar-refractivity contribution in [2.24, 2.45) is 5.92 Å². The fourth-order valence-electron chi connectivity index (χ4n) is 2.85. The lowest BCUT2D eigenvalue weighted by Crippen LogP contribution is -2.50. The third kappa shape index (κ3) is 3.28. The zero-order valence-electron chi connectivity index (χ0n) is 13.9. The highest BCUT2D eigenvalue weighted by Gasteiger charge is 2.28. The molecule has 1 aliphatic heterocycles. The lowest BCUT2D eigenvalue weighted by molar-refractivity contribution is 0.425. The molecule has 0 aliphatic carbocycles. The normalized spacial score (nSPS) is 13.7. The zero-order valence-corrected chi connectivity index (χ0v) is 13.9. The van der Waals surface area contributed by atoms with Crippen LogP contribution in [-0.4, -0.2) is 44.8 Å². The lowest BCUT2D eigenvalue weighted by Gasteiger charge is -2.40. The van der Waals surface area contributed by atoms with Crippen LogP contribution in [0.1, 0.15) is 5.69 Å². The average molecular weight is 344 g/mol. The first-order valence-electron chi connectivity index (χ1n) is 8.27. The maximum absolute atomic E-state index is 9.03. The van der Waals surface area contributed by atoms with E-state index in [1.54, 1.807) is 18.6 Å². The Kier molecular flexibility index (Phi) is 4.35. The molecule has 1 saturated heterocycles. The van der Waals surface area contributed by atoms with Crippen LogP contribution in [0.25, 0.3) is 11.3 Å². The Hall–Kier alpha value is -3.60. The smallest absolute Gasteiger partial charge is 0.182 e. The van der Waals surface area contributed by atoms with E-state index < -0.39 is 0 Å². The Morgan fingerprint density at radius 2 is 1.85 bits per heavy atom. The van der Waals surface area contributed by atoms with Crippen molar-refractivity contribution in [1.29, 1.82) is 5.26 Å². The van der Waals surface area contributed by atoms with Crippen LogP contribution in [0, 0.1) is 17.2 Å². The van der Waals surface area contributed by atoms with E-state index in [-0.39, 0.29) is 0 Å². The number of nitrogens with zero attached hydrogens (tertiary/aromatic N) is 7. The van der Waals surface area contributed by atoms with Gasteiger partial charge < -0.3 is 10.2 Å². The van der Waals surface area contributed by atoms with Crippen molar-refractivity contribution in [3.63, 3.8) is 0 Å². The largest absolute Gasteiger partial charge is 0.367 e. The summed E-state index contributed by atoms with van der Waals surface area (Å²) in [6.45, 7) is 2.52. The second-order valence-electron chi connectivity index (χ2n) is 6.03. The molecule has 0 atom stereocenters. The van der Waals surface area contributed by atoms with Gasteiger partial charge in [0.15, 0.2) is 17.3 Å². The summed E-state index contributed by atoms with van der Waals surface area (Å²) in [6, 6.07) is 9.83. The van der Waals surface area contributed by atoms with Crippen molar-refractivity contribution in [3.05, 3.63) is 54.7 Å². The van der Waals surface area contributed by atoms with E-state index >= 15 is 0 Å². The summed E-state index contributed by atoms with van der Waals surface area (Å²) in [7, 11) is 0. The van der Waals surface area contributed by atoms with Crippen molar-refractivity contribution in [3.8, 4) is 17.3 Å². The molecule has 8 heteroatoms. The maximum Gasteiger partial charge on any atom is 0.182 e. The van der Waals surface area contributed by atoms with Gasteiger partial charge in [-0.3, -0.25) is 4.98 Å². The van der Waals surface area contributed by atoms with E-state index in [2.05, 4.69) is 35.4 Å². The molecule has 26 heavy (non-hydrogen) atoms. The molecule has 0 bridgehead atoms. The monoisotopic (exact) mass is 344 g/mol. The van der Waals surface area contributed by atoms with E-state index in [4.69, 9.17) is 5.26 Å². The van der Waals surface area contributed by atoms with Gasteiger partial charge in [0, 0.05) is 55.9 Å². The highest BCUT2D eigenvalue weighted by Crippen LogP contribution is 2.24. The summed E-state index contributed by atoms with van der Waals surface area (Å²) in [6.07, 6.45) is 6.58. The molecule has 0 spiro atoms. The molecule has 1 N–H and O–H groups in total. The fourth-order valence-corrected chi connectivity index (χ4v) is 2.85. The second kappa shape index (κ2) is 7.11. The Morgan fingerprint density at radius 3 is 2.58 bits per heavy atom. The highest BCUT2D eigenvalue weighted by molar-refractivity contribution is 5.59. The van der Waals surface area contributed by atoms with Crippen LogP contribution >= 0.6 is 0 Å². The van der Waals surface area contributed by atoms with Gasteiger partial charge in [0.2, 0.25) is 0 Å². The fraction of sp³-hybridized carbons (Fsp3) is 0.222. The van der Waals surface area contributed by atoms with Crippen molar-refractivity contribution in [2.75, 3.05) is 29.9 Å². The molecule has 3 aromatic rings. The molecule has 0 unspecified atom stereocenters. The van der Waals surface area contributed by atoms with Crippen LogP contribution < -0.4 is 10.2 Å².